The molecule has 11 heteroatoms. The minimum Gasteiger partial charge on any atom is -0.457 e. The number of thiazole rings is 1. The SMILES string of the molecule is C/C=C/[C@H](O)C(C)(C)[C@@H]1C/C=C\[C@H]2C[C@H]2/C=C/C=C\c2nc(cs2)C(=O)O[C@H](C(C)(C)[C@@H](O)/C=C/C)C/C=C\[C@H]2N[C@H]2/C=C/C=C\c2nc(co2)C(=O)O1. The number of nitrogens with zero attached hydrogens (tertiary/aromatic N) is 2. The van der Waals surface area contributed by atoms with Crippen molar-refractivity contribution in [3.8, 4) is 0 Å². The van der Waals surface area contributed by atoms with Crippen molar-refractivity contribution in [2.45, 2.75) is 97.3 Å². The van der Waals surface area contributed by atoms with E-state index in [0.29, 0.717) is 29.7 Å². The third-order valence-corrected chi connectivity index (χ3v) is 11.1. The molecule has 54 heavy (non-hydrogen) atoms. The predicted molar refractivity (Wildman–Crippen MR) is 212 cm³/mol. The fourth-order valence-electron chi connectivity index (χ4n) is 6.13. The molecular weight excluding hydrogens is 703 g/mol. The summed E-state index contributed by atoms with van der Waals surface area (Å²) in [7, 11) is 0. The third-order valence-electron chi connectivity index (χ3n) is 10.3. The van der Waals surface area contributed by atoms with Gasteiger partial charge in [0.05, 0.1) is 12.2 Å². The van der Waals surface area contributed by atoms with Crippen LogP contribution in [0.4, 0.5) is 0 Å². The molecule has 0 radical (unpaired) electrons. The van der Waals surface area contributed by atoms with Gasteiger partial charge in [-0.3, -0.25) is 0 Å². The number of hydrogen-bond donors (Lipinski definition) is 3. The first-order chi connectivity index (χ1) is 25.8. The first-order valence-electron chi connectivity index (χ1n) is 18.6. The molecule has 0 spiro atoms. The Kier molecular flexibility index (Phi) is 13.8. The maximum atomic E-state index is 13.3. The van der Waals surface area contributed by atoms with E-state index in [-0.39, 0.29) is 29.4 Å². The van der Waals surface area contributed by atoms with Gasteiger partial charge in [-0.25, -0.2) is 19.6 Å². The summed E-state index contributed by atoms with van der Waals surface area (Å²) in [5, 5.41) is 27.6. The molecule has 8 atom stereocenters. The number of carbonyl (C=O) groups excluding carboxylic acids is 2. The lowest BCUT2D eigenvalue weighted by molar-refractivity contribution is -0.0461. The number of allylic oxidation sites excluding steroid dienone is 8. The molecule has 4 heterocycles. The number of hydrogen-bond acceptors (Lipinski definition) is 11. The summed E-state index contributed by atoms with van der Waals surface area (Å²) in [4.78, 5) is 35.4. The number of nitrogens with one attached hydrogen (secondary N) is 1. The highest BCUT2D eigenvalue weighted by atomic mass is 32.1. The predicted octanol–water partition coefficient (Wildman–Crippen LogP) is 7.83. The first-order valence-corrected chi connectivity index (χ1v) is 19.4. The minimum absolute atomic E-state index is 0.0532. The van der Waals surface area contributed by atoms with Crippen LogP contribution in [0.1, 0.15) is 92.7 Å². The zero-order chi connectivity index (χ0) is 38.9. The lowest BCUT2D eigenvalue weighted by Crippen LogP contribution is -2.42. The Hall–Kier alpha value is -4.42. The zero-order valence-corrected chi connectivity index (χ0v) is 32.7. The van der Waals surface area contributed by atoms with Gasteiger partial charge >= 0.3 is 11.9 Å². The van der Waals surface area contributed by atoms with E-state index in [1.165, 1.54) is 17.6 Å². The van der Waals surface area contributed by atoms with Gasteiger partial charge in [-0.15, -0.1) is 11.3 Å². The minimum atomic E-state index is -0.829. The number of carbonyl (C=O) groups is 2. The highest BCUT2D eigenvalue weighted by Crippen LogP contribution is 2.41. The molecule has 1 aliphatic carbocycles. The van der Waals surface area contributed by atoms with E-state index in [1.54, 1.807) is 41.8 Å². The van der Waals surface area contributed by atoms with Crippen LogP contribution in [0.15, 0.2) is 101 Å². The van der Waals surface area contributed by atoms with Gasteiger partial charge < -0.3 is 29.4 Å². The number of cyclic esters (lactones) is 2. The number of rotatable bonds is 6. The van der Waals surface area contributed by atoms with Gasteiger partial charge in [0.25, 0.3) is 0 Å². The molecule has 2 aromatic heterocycles. The van der Waals surface area contributed by atoms with Crippen molar-refractivity contribution in [3.05, 3.63) is 119 Å². The van der Waals surface area contributed by atoms with Crippen molar-refractivity contribution in [3.63, 3.8) is 0 Å². The molecule has 0 unspecified atom stereocenters. The first kappa shape index (κ1) is 40.8. The van der Waals surface area contributed by atoms with Gasteiger partial charge in [-0.2, -0.15) is 0 Å². The normalized spacial score (nSPS) is 30.5. The highest BCUT2D eigenvalue weighted by molar-refractivity contribution is 7.10. The second-order valence-electron chi connectivity index (χ2n) is 15.1. The summed E-state index contributed by atoms with van der Waals surface area (Å²) in [6.45, 7) is 11.2. The van der Waals surface area contributed by atoms with Gasteiger partial charge in [0, 0.05) is 47.2 Å². The molecule has 0 amide bonds. The summed E-state index contributed by atoms with van der Waals surface area (Å²) in [5.74, 6) is -0.153. The molecule has 5 rings (SSSR count). The van der Waals surface area contributed by atoms with Crippen molar-refractivity contribution < 1.29 is 33.7 Å². The van der Waals surface area contributed by atoms with E-state index in [1.807, 2.05) is 90.2 Å². The van der Waals surface area contributed by atoms with Gasteiger partial charge in [0.15, 0.2) is 11.4 Å². The summed E-state index contributed by atoms with van der Waals surface area (Å²) in [6.07, 6.45) is 30.6. The van der Waals surface area contributed by atoms with Crippen LogP contribution in [0.3, 0.4) is 0 Å². The smallest absolute Gasteiger partial charge is 0.360 e. The standard InChI is InChI=1S/C43H53N3O7S/c1-7-15-34(47)42(3,4)36-21-13-18-29-25-28(29)17-9-12-24-39-46-33(27-54-39)41(50)53-37(43(5,6)35(48)16-8-2)22-14-20-31-30(44-31)19-10-11-23-38-45-32(26-51-38)40(49)52-36/h7-20,23-24,26-31,34-37,44,47-48H,21-22,25H2,1-6H3/b15-7+,16-8+,17-9+,18-13-,19-10+,20-14-,23-11-,24-12-/t28-,29+,30+,31-,34+,35+,36+,37+/m1/s1. The van der Waals surface area contributed by atoms with Crippen molar-refractivity contribution >= 4 is 35.4 Å². The molecule has 2 aliphatic heterocycles. The lowest BCUT2D eigenvalue weighted by Gasteiger charge is -2.36. The van der Waals surface area contributed by atoms with Crippen LogP contribution in [0.25, 0.3) is 12.2 Å². The quantitative estimate of drug-likeness (QED) is 0.151. The number of esters is 2. The Morgan fingerprint density at radius 3 is 2.02 bits per heavy atom. The summed E-state index contributed by atoms with van der Waals surface area (Å²) < 4.78 is 17.5. The molecule has 1 saturated heterocycles. The lowest BCUT2D eigenvalue weighted by atomic mass is 9.79. The summed E-state index contributed by atoms with van der Waals surface area (Å²) >= 11 is 1.36. The van der Waals surface area contributed by atoms with Crippen LogP contribution < -0.4 is 5.32 Å². The second-order valence-corrected chi connectivity index (χ2v) is 16.0. The fraction of sp³-hybridized carbons (Fsp3) is 0.442. The molecule has 2 aromatic rings. The van der Waals surface area contributed by atoms with Crippen LogP contribution in [-0.2, 0) is 9.47 Å². The molecule has 4 bridgehead atoms. The number of aliphatic hydroxyl groups is 2. The van der Waals surface area contributed by atoms with Crippen LogP contribution in [0.2, 0.25) is 0 Å². The van der Waals surface area contributed by atoms with E-state index in [9.17, 15) is 19.8 Å². The number of oxazole rings is 1. The van der Waals surface area contributed by atoms with E-state index >= 15 is 0 Å². The molecule has 288 valence electrons. The van der Waals surface area contributed by atoms with Crippen molar-refractivity contribution in [1.29, 1.82) is 0 Å². The van der Waals surface area contributed by atoms with E-state index in [2.05, 4.69) is 27.4 Å². The Morgan fingerprint density at radius 1 is 0.778 bits per heavy atom. The highest BCUT2D eigenvalue weighted by Gasteiger charge is 2.40. The van der Waals surface area contributed by atoms with Gasteiger partial charge in [-0.1, -0.05) is 113 Å². The van der Waals surface area contributed by atoms with E-state index in [0.717, 1.165) is 6.42 Å². The van der Waals surface area contributed by atoms with Crippen molar-refractivity contribution in [1.82, 2.24) is 15.3 Å². The zero-order valence-electron chi connectivity index (χ0n) is 31.9. The Bertz CT molecular complexity index is 1710. The molecule has 0 aromatic carbocycles. The van der Waals surface area contributed by atoms with Crippen LogP contribution in [-0.4, -0.2) is 68.6 Å². The van der Waals surface area contributed by atoms with Gasteiger partial charge in [0.1, 0.15) is 23.5 Å². The number of aliphatic hydroxyl groups excluding tert-OH is 2. The topological polar surface area (TPSA) is 154 Å². The largest absolute Gasteiger partial charge is 0.457 e. The molecule has 3 aliphatic rings. The maximum Gasteiger partial charge on any atom is 0.360 e. The Balaban J connectivity index is 1.35. The molecule has 2 fully saturated rings. The van der Waals surface area contributed by atoms with Crippen LogP contribution in [0.5, 0.6) is 0 Å². The van der Waals surface area contributed by atoms with E-state index < -0.39 is 47.2 Å². The second kappa shape index (κ2) is 18.3. The summed E-state index contributed by atoms with van der Waals surface area (Å²) in [5.41, 5.74) is -1.26. The summed E-state index contributed by atoms with van der Waals surface area (Å²) in [6, 6.07) is 0.211. The van der Waals surface area contributed by atoms with Gasteiger partial charge in [0.2, 0.25) is 5.89 Å². The third kappa shape index (κ3) is 10.8. The number of ether oxygens (including phenoxy) is 2. The maximum absolute atomic E-state index is 13.3. The fourth-order valence-corrected chi connectivity index (χ4v) is 6.82. The molecular formula is C43H53N3O7S. The number of aromatic nitrogens is 2. The average Bonchev–Trinajstić information content (AvgIpc) is 3.93. The average molecular weight is 756 g/mol. The molecule has 1 saturated carbocycles. The monoisotopic (exact) mass is 755 g/mol. The Labute approximate surface area is 322 Å². The molecule has 10 nitrogen and oxygen atoms in total. The van der Waals surface area contributed by atoms with Crippen LogP contribution >= 0.6 is 11.3 Å². The van der Waals surface area contributed by atoms with Crippen molar-refractivity contribution in [2.75, 3.05) is 0 Å². The van der Waals surface area contributed by atoms with Crippen LogP contribution in [0, 0.1) is 22.7 Å². The van der Waals surface area contributed by atoms with Crippen molar-refractivity contribution in [2.24, 2.45) is 22.7 Å². The Morgan fingerprint density at radius 2 is 1.35 bits per heavy atom. The number of fused-ring (bicyclic) bond motifs is 6. The van der Waals surface area contributed by atoms with E-state index in [4.69, 9.17) is 13.9 Å². The van der Waals surface area contributed by atoms with Gasteiger partial charge in [-0.05, 0) is 38.2 Å². The molecule has 3 N–H and O–H groups in total.